The van der Waals surface area contributed by atoms with Crippen LogP contribution in [0.5, 0.6) is 5.75 Å². The minimum atomic E-state index is -0.0421. The van der Waals surface area contributed by atoms with Crippen LogP contribution in [0.1, 0.15) is 29.3 Å². The summed E-state index contributed by atoms with van der Waals surface area (Å²) in [5.74, 6) is 2.41. The van der Waals surface area contributed by atoms with Gasteiger partial charge in [-0.2, -0.15) is 0 Å². The first kappa shape index (κ1) is 23.1. The molecule has 1 amide bonds. The van der Waals surface area contributed by atoms with E-state index in [4.69, 9.17) is 9.15 Å². The molecule has 1 N–H and O–H groups in total. The Morgan fingerprint density at radius 2 is 2.00 bits per heavy atom. The maximum absolute atomic E-state index is 12.1. The number of ether oxygens (including phenoxy) is 1. The number of nitrogens with zero attached hydrogens (tertiary/aromatic N) is 3. The van der Waals surface area contributed by atoms with Crippen molar-refractivity contribution in [1.29, 1.82) is 0 Å². The maximum atomic E-state index is 12.1. The minimum Gasteiger partial charge on any atom is -0.493 e. The molecule has 0 saturated heterocycles. The van der Waals surface area contributed by atoms with Gasteiger partial charge in [0.05, 0.1) is 18.9 Å². The number of benzene rings is 1. The number of nitrogens with one attached hydrogen (secondary N) is 1. The fourth-order valence-electron chi connectivity index (χ4n) is 3.11. The zero-order valence-electron chi connectivity index (χ0n) is 17.3. The number of aliphatic imine (C=N–C) groups is 1. The lowest BCUT2D eigenvalue weighted by Gasteiger charge is -2.31. The molecule has 0 saturated carbocycles. The predicted octanol–water partition coefficient (Wildman–Crippen LogP) is 3.20. The van der Waals surface area contributed by atoms with Crippen LogP contribution in [-0.2, 0) is 11.3 Å². The van der Waals surface area contributed by atoms with Gasteiger partial charge in [0, 0.05) is 45.2 Å². The van der Waals surface area contributed by atoms with E-state index in [0.29, 0.717) is 19.1 Å². The highest BCUT2D eigenvalue weighted by molar-refractivity contribution is 14.0. The number of aryl methyl sites for hydroxylation is 1. The van der Waals surface area contributed by atoms with Crippen molar-refractivity contribution in [2.75, 3.05) is 34.3 Å². The van der Waals surface area contributed by atoms with Gasteiger partial charge in [0.1, 0.15) is 18.1 Å². The molecule has 0 aliphatic carbocycles. The first-order valence-electron chi connectivity index (χ1n) is 9.42. The molecular formula is C21H29IN4O3. The monoisotopic (exact) mass is 512 g/mol. The lowest BCUT2D eigenvalue weighted by molar-refractivity contribution is -0.127. The van der Waals surface area contributed by atoms with E-state index in [2.05, 4.69) is 16.4 Å². The van der Waals surface area contributed by atoms with Crippen LogP contribution in [0.15, 0.2) is 46.0 Å². The van der Waals surface area contributed by atoms with Gasteiger partial charge in [-0.05, 0) is 19.1 Å². The molecule has 29 heavy (non-hydrogen) atoms. The van der Waals surface area contributed by atoms with Crippen LogP contribution in [-0.4, -0.2) is 56.0 Å². The van der Waals surface area contributed by atoms with Crippen LogP contribution < -0.4 is 10.1 Å². The summed E-state index contributed by atoms with van der Waals surface area (Å²) in [6.45, 7) is 3.31. The van der Waals surface area contributed by atoms with Crippen LogP contribution >= 0.6 is 24.0 Å². The molecule has 0 radical (unpaired) electrons. The number of rotatable bonds is 5. The summed E-state index contributed by atoms with van der Waals surface area (Å²) in [6, 6.07) is 10.1. The highest BCUT2D eigenvalue weighted by atomic mass is 127. The third kappa shape index (κ3) is 5.88. The first-order valence-corrected chi connectivity index (χ1v) is 9.42. The van der Waals surface area contributed by atoms with Gasteiger partial charge in [0.15, 0.2) is 5.96 Å². The van der Waals surface area contributed by atoms with Crippen molar-refractivity contribution in [3.8, 4) is 5.75 Å². The average molecular weight is 512 g/mol. The lowest BCUT2D eigenvalue weighted by atomic mass is 10.0. The van der Waals surface area contributed by atoms with E-state index < -0.39 is 0 Å². The van der Waals surface area contributed by atoms with Crippen LogP contribution in [0.25, 0.3) is 0 Å². The van der Waals surface area contributed by atoms with Crippen LogP contribution in [0, 0.1) is 6.92 Å². The number of furan rings is 1. The fourth-order valence-corrected chi connectivity index (χ4v) is 3.11. The van der Waals surface area contributed by atoms with E-state index in [1.807, 2.05) is 43.1 Å². The Bertz CT molecular complexity index is 850. The average Bonchev–Trinajstić information content (AvgIpc) is 3.09. The molecule has 3 rings (SSSR count). The van der Waals surface area contributed by atoms with Gasteiger partial charge >= 0.3 is 0 Å². The normalized spacial score (nSPS) is 15.6. The summed E-state index contributed by atoms with van der Waals surface area (Å²) in [6.07, 6.45) is 2.52. The SMILES string of the molecule is Cc1occc1CN(C)C(=NCC(=O)N(C)C)NC1CCOc2ccccc21.I. The van der Waals surface area contributed by atoms with Gasteiger partial charge in [-0.15, -0.1) is 24.0 Å². The maximum Gasteiger partial charge on any atom is 0.243 e. The Hall–Kier alpha value is -2.23. The number of fused-ring (bicyclic) bond motifs is 1. The molecule has 8 heteroatoms. The molecule has 1 aliphatic rings. The number of hydrogen-bond acceptors (Lipinski definition) is 4. The van der Waals surface area contributed by atoms with E-state index in [1.54, 1.807) is 25.3 Å². The molecule has 0 fully saturated rings. The zero-order valence-corrected chi connectivity index (χ0v) is 19.7. The van der Waals surface area contributed by atoms with Crippen molar-refractivity contribution in [3.05, 3.63) is 53.5 Å². The van der Waals surface area contributed by atoms with Gasteiger partial charge in [-0.25, -0.2) is 4.99 Å². The Balaban J connectivity index is 0.00000300. The molecule has 2 aromatic rings. The Kier molecular flexibility index (Phi) is 8.36. The van der Waals surface area contributed by atoms with Crippen molar-refractivity contribution >= 4 is 35.8 Å². The third-order valence-corrected chi connectivity index (χ3v) is 4.86. The summed E-state index contributed by atoms with van der Waals surface area (Å²) in [4.78, 5) is 20.2. The molecule has 2 heterocycles. The molecule has 0 bridgehead atoms. The molecule has 1 aromatic heterocycles. The first-order chi connectivity index (χ1) is 13.5. The smallest absolute Gasteiger partial charge is 0.243 e. The summed E-state index contributed by atoms with van der Waals surface area (Å²) >= 11 is 0. The summed E-state index contributed by atoms with van der Waals surface area (Å²) < 4.78 is 11.2. The predicted molar refractivity (Wildman–Crippen MR) is 124 cm³/mol. The topological polar surface area (TPSA) is 70.3 Å². The number of hydrogen-bond donors (Lipinski definition) is 1. The summed E-state index contributed by atoms with van der Waals surface area (Å²) in [5, 5.41) is 3.53. The van der Waals surface area contributed by atoms with E-state index in [9.17, 15) is 4.79 Å². The van der Waals surface area contributed by atoms with Crippen molar-refractivity contribution in [3.63, 3.8) is 0 Å². The molecule has 1 unspecified atom stereocenters. The lowest BCUT2D eigenvalue weighted by Crippen LogP contribution is -2.42. The van der Waals surface area contributed by atoms with E-state index in [1.165, 1.54) is 0 Å². The molecule has 0 spiro atoms. The van der Waals surface area contributed by atoms with E-state index in [-0.39, 0.29) is 42.5 Å². The number of halogens is 1. The quantitative estimate of drug-likeness (QED) is 0.379. The van der Waals surface area contributed by atoms with E-state index in [0.717, 1.165) is 29.1 Å². The summed E-state index contributed by atoms with van der Waals surface area (Å²) in [7, 11) is 5.43. The molecule has 1 aromatic carbocycles. The van der Waals surface area contributed by atoms with Gasteiger partial charge in [0.25, 0.3) is 0 Å². The number of likely N-dealkylation sites (N-methyl/N-ethyl adjacent to an activating group) is 1. The standard InChI is InChI=1S/C21H28N4O3.HI/c1-15-16(9-11-27-15)14-25(4)21(22-13-20(26)24(2)3)23-18-10-12-28-19-8-6-5-7-17(18)19;/h5-9,11,18H,10,12-14H2,1-4H3,(H,22,23);1H. The number of para-hydroxylation sites is 1. The molecule has 158 valence electrons. The zero-order chi connectivity index (χ0) is 20.1. The van der Waals surface area contributed by atoms with Crippen LogP contribution in [0.3, 0.4) is 0 Å². The van der Waals surface area contributed by atoms with Gasteiger partial charge in [-0.1, -0.05) is 18.2 Å². The molecule has 1 aliphatic heterocycles. The van der Waals surface area contributed by atoms with Crippen molar-refractivity contribution < 1.29 is 13.9 Å². The van der Waals surface area contributed by atoms with E-state index >= 15 is 0 Å². The largest absolute Gasteiger partial charge is 0.493 e. The van der Waals surface area contributed by atoms with Crippen molar-refractivity contribution in [2.45, 2.75) is 25.9 Å². The number of carbonyl (C=O) groups excluding carboxylic acids is 1. The third-order valence-electron chi connectivity index (χ3n) is 4.86. The number of amides is 1. The highest BCUT2D eigenvalue weighted by Gasteiger charge is 2.23. The minimum absolute atomic E-state index is 0. The second kappa shape index (κ2) is 10.5. The van der Waals surface area contributed by atoms with Crippen molar-refractivity contribution in [1.82, 2.24) is 15.1 Å². The Morgan fingerprint density at radius 3 is 2.69 bits per heavy atom. The second-order valence-electron chi connectivity index (χ2n) is 7.16. The van der Waals surface area contributed by atoms with Gasteiger partial charge < -0.3 is 24.3 Å². The molecule has 7 nitrogen and oxygen atoms in total. The summed E-state index contributed by atoms with van der Waals surface area (Å²) in [5.41, 5.74) is 2.19. The van der Waals surface area contributed by atoms with Crippen LogP contribution in [0.2, 0.25) is 0 Å². The highest BCUT2D eigenvalue weighted by Crippen LogP contribution is 2.31. The molecule has 1 atom stereocenters. The Morgan fingerprint density at radius 1 is 1.24 bits per heavy atom. The number of guanidine groups is 1. The number of carbonyl (C=O) groups is 1. The van der Waals surface area contributed by atoms with Gasteiger partial charge in [-0.3, -0.25) is 4.79 Å². The van der Waals surface area contributed by atoms with Crippen molar-refractivity contribution in [2.24, 2.45) is 4.99 Å². The van der Waals surface area contributed by atoms with Gasteiger partial charge in [0.2, 0.25) is 5.91 Å². The fraction of sp³-hybridized carbons (Fsp3) is 0.429. The second-order valence-corrected chi connectivity index (χ2v) is 7.16. The van der Waals surface area contributed by atoms with Crippen LogP contribution in [0.4, 0.5) is 0 Å². The Labute approximate surface area is 189 Å². The molecular weight excluding hydrogens is 483 g/mol.